The summed E-state index contributed by atoms with van der Waals surface area (Å²) in [4.78, 5) is 66.4. The summed E-state index contributed by atoms with van der Waals surface area (Å²) in [6.45, 7) is 4.73. The number of aromatic amines is 1. The Bertz CT molecular complexity index is 809. The van der Waals surface area contributed by atoms with Gasteiger partial charge in [-0.1, -0.05) is 13.8 Å². The number of aromatic nitrogens is 2. The molecule has 13 nitrogen and oxygen atoms in total. The van der Waals surface area contributed by atoms with Crippen molar-refractivity contribution in [2.45, 2.75) is 64.2 Å². The van der Waals surface area contributed by atoms with Gasteiger partial charge in [0.25, 0.3) is 0 Å². The van der Waals surface area contributed by atoms with Crippen molar-refractivity contribution in [3.8, 4) is 0 Å². The SMILES string of the molecule is CC(N)C(=O)NC(Cc1cnc[nH]1)C(=O)NC(C(=O)NC(CCC(=O)O)C(=O)O)C(C)C. The largest absolute Gasteiger partial charge is 0.481 e. The number of carboxylic acid groups (broad SMARTS) is 2. The summed E-state index contributed by atoms with van der Waals surface area (Å²) in [6.07, 6.45) is 2.16. The van der Waals surface area contributed by atoms with Gasteiger partial charge in [-0.05, 0) is 19.3 Å². The van der Waals surface area contributed by atoms with Gasteiger partial charge in [-0.3, -0.25) is 19.2 Å². The molecule has 1 heterocycles. The van der Waals surface area contributed by atoms with Crippen molar-refractivity contribution in [3.05, 3.63) is 18.2 Å². The molecule has 0 saturated heterocycles. The van der Waals surface area contributed by atoms with Crippen LogP contribution in [-0.4, -0.2) is 74.0 Å². The van der Waals surface area contributed by atoms with Gasteiger partial charge in [-0.25, -0.2) is 9.78 Å². The molecule has 3 amide bonds. The maximum Gasteiger partial charge on any atom is 0.326 e. The molecular weight excluding hydrogens is 424 g/mol. The highest BCUT2D eigenvalue weighted by atomic mass is 16.4. The zero-order valence-corrected chi connectivity index (χ0v) is 18.1. The Hall–Kier alpha value is -3.48. The third-order valence-corrected chi connectivity index (χ3v) is 4.53. The summed E-state index contributed by atoms with van der Waals surface area (Å²) < 4.78 is 0. The van der Waals surface area contributed by atoms with Crippen LogP contribution >= 0.6 is 0 Å². The number of amides is 3. The van der Waals surface area contributed by atoms with Crippen molar-refractivity contribution in [2.75, 3.05) is 0 Å². The van der Waals surface area contributed by atoms with Crippen molar-refractivity contribution in [1.29, 1.82) is 0 Å². The maximum absolute atomic E-state index is 12.9. The molecule has 13 heteroatoms. The van der Waals surface area contributed by atoms with Gasteiger partial charge in [-0.2, -0.15) is 0 Å². The molecule has 8 N–H and O–H groups in total. The van der Waals surface area contributed by atoms with E-state index in [9.17, 15) is 29.1 Å². The second kappa shape index (κ2) is 12.4. The molecule has 0 bridgehead atoms. The Morgan fingerprint density at radius 3 is 2.09 bits per heavy atom. The molecule has 32 heavy (non-hydrogen) atoms. The number of rotatable bonds is 13. The van der Waals surface area contributed by atoms with Crippen LogP contribution in [0.25, 0.3) is 0 Å². The first-order valence-electron chi connectivity index (χ1n) is 10.0. The quantitative estimate of drug-likeness (QED) is 0.181. The average Bonchev–Trinajstić information content (AvgIpc) is 3.20. The Balaban J connectivity index is 2.96. The van der Waals surface area contributed by atoms with Crippen molar-refractivity contribution >= 4 is 29.7 Å². The molecule has 1 aromatic rings. The van der Waals surface area contributed by atoms with E-state index in [0.717, 1.165) is 0 Å². The molecule has 0 saturated carbocycles. The van der Waals surface area contributed by atoms with Crippen molar-refractivity contribution in [3.63, 3.8) is 0 Å². The van der Waals surface area contributed by atoms with Crippen LogP contribution in [0.1, 0.15) is 39.3 Å². The van der Waals surface area contributed by atoms with E-state index >= 15 is 0 Å². The number of carboxylic acids is 2. The molecule has 0 aliphatic carbocycles. The van der Waals surface area contributed by atoms with Crippen LogP contribution in [0.4, 0.5) is 0 Å². The molecule has 0 fully saturated rings. The van der Waals surface area contributed by atoms with E-state index < -0.39 is 66.2 Å². The van der Waals surface area contributed by atoms with E-state index in [1.807, 2.05) is 0 Å². The van der Waals surface area contributed by atoms with E-state index in [1.165, 1.54) is 19.4 Å². The number of hydrogen-bond donors (Lipinski definition) is 7. The standard InChI is InChI=1S/C19H30N6O7/c1-9(2)15(18(30)23-12(19(31)32)4-5-14(26)27)25-17(29)13(24-16(28)10(3)20)6-11-7-21-8-22-11/h7-10,12-13,15H,4-6,20H2,1-3H3,(H,21,22)(H,23,30)(H,24,28)(H,25,29)(H,26,27)(H,31,32). The number of nitrogens with zero attached hydrogens (tertiary/aromatic N) is 1. The van der Waals surface area contributed by atoms with Crippen LogP contribution in [0.5, 0.6) is 0 Å². The Morgan fingerprint density at radius 1 is 1.00 bits per heavy atom. The van der Waals surface area contributed by atoms with Gasteiger partial charge in [-0.15, -0.1) is 0 Å². The second-order valence-electron chi connectivity index (χ2n) is 7.69. The second-order valence-corrected chi connectivity index (χ2v) is 7.69. The van der Waals surface area contributed by atoms with E-state index in [1.54, 1.807) is 13.8 Å². The maximum atomic E-state index is 12.9. The lowest BCUT2D eigenvalue weighted by Crippen LogP contribution is -2.58. The Morgan fingerprint density at radius 2 is 1.62 bits per heavy atom. The lowest BCUT2D eigenvalue weighted by atomic mass is 10.0. The molecule has 0 radical (unpaired) electrons. The third-order valence-electron chi connectivity index (χ3n) is 4.53. The predicted molar refractivity (Wildman–Crippen MR) is 111 cm³/mol. The van der Waals surface area contributed by atoms with Crippen molar-refractivity contribution in [2.24, 2.45) is 11.7 Å². The molecular formula is C19H30N6O7. The van der Waals surface area contributed by atoms with E-state index in [4.69, 9.17) is 10.8 Å². The van der Waals surface area contributed by atoms with Gasteiger partial charge in [0, 0.05) is 24.7 Å². The van der Waals surface area contributed by atoms with Gasteiger partial charge >= 0.3 is 11.9 Å². The van der Waals surface area contributed by atoms with Crippen LogP contribution in [-0.2, 0) is 30.4 Å². The van der Waals surface area contributed by atoms with E-state index in [-0.39, 0.29) is 12.8 Å². The first-order valence-corrected chi connectivity index (χ1v) is 10.0. The Kier molecular flexibility index (Phi) is 10.3. The fraction of sp³-hybridized carbons (Fsp3) is 0.579. The summed E-state index contributed by atoms with van der Waals surface area (Å²) in [5.74, 6) is -5.08. The van der Waals surface area contributed by atoms with Crippen LogP contribution in [0.2, 0.25) is 0 Å². The summed E-state index contributed by atoms with van der Waals surface area (Å²) in [5, 5.41) is 25.3. The summed E-state index contributed by atoms with van der Waals surface area (Å²) in [7, 11) is 0. The highest BCUT2D eigenvalue weighted by Crippen LogP contribution is 2.07. The number of H-pyrrole nitrogens is 1. The summed E-state index contributed by atoms with van der Waals surface area (Å²) in [6, 6.07) is -4.52. The van der Waals surface area contributed by atoms with Crippen molar-refractivity contribution in [1.82, 2.24) is 25.9 Å². The number of imidazole rings is 1. The van der Waals surface area contributed by atoms with Gasteiger partial charge in [0.2, 0.25) is 17.7 Å². The monoisotopic (exact) mass is 454 g/mol. The van der Waals surface area contributed by atoms with Crippen LogP contribution in [0.15, 0.2) is 12.5 Å². The topological polar surface area (TPSA) is 217 Å². The Labute approximate surface area is 184 Å². The molecule has 0 aliphatic heterocycles. The molecule has 4 unspecified atom stereocenters. The molecule has 178 valence electrons. The zero-order chi connectivity index (χ0) is 24.4. The average molecular weight is 454 g/mol. The minimum absolute atomic E-state index is 0.0487. The molecule has 0 aromatic carbocycles. The molecule has 1 aromatic heterocycles. The minimum Gasteiger partial charge on any atom is -0.481 e. The highest BCUT2D eigenvalue weighted by molar-refractivity contribution is 5.94. The van der Waals surface area contributed by atoms with Gasteiger partial charge in [0.05, 0.1) is 12.4 Å². The molecule has 1 rings (SSSR count). The fourth-order valence-corrected chi connectivity index (χ4v) is 2.70. The van der Waals surface area contributed by atoms with Crippen LogP contribution in [0, 0.1) is 5.92 Å². The van der Waals surface area contributed by atoms with Crippen molar-refractivity contribution < 1.29 is 34.2 Å². The normalized spacial score (nSPS) is 14.7. The number of hydrogen-bond acceptors (Lipinski definition) is 7. The minimum atomic E-state index is -1.43. The summed E-state index contributed by atoms with van der Waals surface area (Å²) in [5.41, 5.74) is 6.12. The molecule has 0 aliphatic rings. The number of nitrogens with one attached hydrogen (secondary N) is 4. The third kappa shape index (κ3) is 8.71. The zero-order valence-electron chi connectivity index (χ0n) is 18.1. The number of aliphatic carboxylic acids is 2. The number of carbonyl (C=O) groups excluding carboxylic acids is 3. The lowest BCUT2D eigenvalue weighted by Gasteiger charge is -2.26. The highest BCUT2D eigenvalue weighted by Gasteiger charge is 2.32. The van der Waals surface area contributed by atoms with E-state index in [2.05, 4.69) is 25.9 Å². The fourth-order valence-electron chi connectivity index (χ4n) is 2.70. The first kappa shape index (κ1) is 26.6. The van der Waals surface area contributed by atoms with E-state index in [0.29, 0.717) is 5.69 Å². The first-order chi connectivity index (χ1) is 14.9. The van der Waals surface area contributed by atoms with Gasteiger partial charge in [0.15, 0.2) is 0 Å². The summed E-state index contributed by atoms with van der Waals surface area (Å²) >= 11 is 0. The van der Waals surface area contributed by atoms with Gasteiger partial charge < -0.3 is 36.9 Å². The number of carbonyl (C=O) groups is 5. The smallest absolute Gasteiger partial charge is 0.326 e. The van der Waals surface area contributed by atoms with Gasteiger partial charge in [0.1, 0.15) is 18.1 Å². The van der Waals surface area contributed by atoms with Crippen LogP contribution in [0.3, 0.4) is 0 Å². The lowest BCUT2D eigenvalue weighted by molar-refractivity contribution is -0.143. The number of nitrogens with two attached hydrogens (primary N) is 1. The molecule has 0 spiro atoms. The van der Waals surface area contributed by atoms with Crippen LogP contribution < -0.4 is 21.7 Å². The predicted octanol–water partition coefficient (Wildman–Crippen LogP) is -1.64. The molecule has 4 atom stereocenters.